The van der Waals surface area contributed by atoms with Gasteiger partial charge < -0.3 is 25.5 Å². The van der Waals surface area contributed by atoms with E-state index in [9.17, 15) is 30.3 Å². The van der Waals surface area contributed by atoms with Gasteiger partial charge in [0.2, 0.25) is 0 Å². The van der Waals surface area contributed by atoms with E-state index in [1.54, 1.807) is 13.0 Å². The number of rotatable bonds is 5. The molecule has 0 aromatic rings. The molecule has 33 heavy (non-hydrogen) atoms. The van der Waals surface area contributed by atoms with Gasteiger partial charge >= 0.3 is 0 Å². The minimum absolute atomic E-state index is 0.0463. The zero-order valence-electron chi connectivity index (χ0n) is 20.9. The Bertz CT molecular complexity index is 819. The molecule has 0 heterocycles. The van der Waals surface area contributed by atoms with E-state index < -0.39 is 40.3 Å². The molecule has 4 aliphatic carbocycles. The number of carbonyl (C=O) groups excluding carboxylic acids is 1. The molecule has 3 saturated carbocycles. The highest BCUT2D eigenvalue weighted by Crippen LogP contribution is 2.68. The number of allylic oxidation sites excluding steroid dienone is 1. The average Bonchev–Trinajstić information content (AvgIpc) is 3.00. The largest absolute Gasteiger partial charge is 0.390 e. The van der Waals surface area contributed by atoms with E-state index in [0.29, 0.717) is 38.0 Å². The van der Waals surface area contributed by atoms with Gasteiger partial charge in [0.15, 0.2) is 5.78 Å². The van der Waals surface area contributed by atoms with Crippen molar-refractivity contribution >= 4 is 5.78 Å². The first-order valence-corrected chi connectivity index (χ1v) is 12.9. The third kappa shape index (κ3) is 3.58. The summed E-state index contributed by atoms with van der Waals surface area (Å²) in [4.78, 5) is 13.2. The molecule has 0 spiro atoms. The molecule has 6 heteroatoms. The SMILES string of the molecule is CC(C)CC[C@@H](O)C(C)(O)[C@@H]1CC[C@@]2(O)C3=CC(=O)[C@@H]4C[C@@H](O)[C@@H](O)C[C@]4(C)C3CC[C@]12C. The molecule has 10 atom stereocenters. The summed E-state index contributed by atoms with van der Waals surface area (Å²) in [5.41, 5.74) is -2.98. The number of hydrogen-bond acceptors (Lipinski definition) is 6. The Labute approximate surface area is 198 Å². The van der Waals surface area contributed by atoms with Gasteiger partial charge in [-0.05, 0) is 93.1 Å². The fourth-order valence-electron chi connectivity index (χ4n) is 8.32. The van der Waals surface area contributed by atoms with Gasteiger partial charge in [-0.1, -0.05) is 27.7 Å². The Kier molecular flexibility index (Phi) is 6.23. The minimum atomic E-state index is -1.34. The molecule has 0 aromatic carbocycles. The smallest absolute Gasteiger partial charge is 0.159 e. The summed E-state index contributed by atoms with van der Waals surface area (Å²) in [5.74, 6) is -0.331. The maximum absolute atomic E-state index is 13.2. The average molecular weight is 465 g/mol. The highest BCUT2D eigenvalue weighted by Gasteiger charge is 2.69. The van der Waals surface area contributed by atoms with Crippen LogP contribution in [0.4, 0.5) is 0 Å². The first-order chi connectivity index (χ1) is 15.2. The normalized spacial score (nSPS) is 47.9. The third-order valence-electron chi connectivity index (χ3n) is 10.5. The van der Waals surface area contributed by atoms with Gasteiger partial charge in [-0.3, -0.25) is 4.79 Å². The molecule has 5 N–H and O–H groups in total. The second-order valence-corrected chi connectivity index (χ2v) is 12.8. The van der Waals surface area contributed by atoms with E-state index in [4.69, 9.17) is 0 Å². The Morgan fingerprint density at radius 2 is 1.76 bits per heavy atom. The quantitative estimate of drug-likeness (QED) is 0.427. The lowest BCUT2D eigenvalue weighted by atomic mass is 9.45. The molecular weight excluding hydrogens is 420 g/mol. The molecule has 3 fully saturated rings. The zero-order chi connectivity index (χ0) is 24.6. The topological polar surface area (TPSA) is 118 Å². The van der Waals surface area contributed by atoms with Crippen molar-refractivity contribution in [1.82, 2.24) is 0 Å². The van der Waals surface area contributed by atoms with Gasteiger partial charge in [0.25, 0.3) is 0 Å². The van der Waals surface area contributed by atoms with Crippen LogP contribution in [-0.2, 0) is 4.79 Å². The molecule has 0 radical (unpaired) electrons. The van der Waals surface area contributed by atoms with Gasteiger partial charge in [0, 0.05) is 11.3 Å². The number of hydrogen-bond donors (Lipinski definition) is 5. The van der Waals surface area contributed by atoms with Crippen LogP contribution < -0.4 is 0 Å². The van der Waals surface area contributed by atoms with E-state index in [2.05, 4.69) is 13.8 Å². The lowest BCUT2D eigenvalue weighted by molar-refractivity contribution is -0.176. The molecule has 0 aromatic heterocycles. The highest BCUT2D eigenvalue weighted by atomic mass is 16.3. The first kappa shape index (κ1) is 25.3. The van der Waals surface area contributed by atoms with Crippen LogP contribution >= 0.6 is 0 Å². The van der Waals surface area contributed by atoms with Crippen molar-refractivity contribution in [1.29, 1.82) is 0 Å². The van der Waals surface area contributed by atoms with Crippen LogP contribution in [0.1, 0.15) is 86.0 Å². The molecule has 6 nitrogen and oxygen atoms in total. The van der Waals surface area contributed by atoms with Crippen molar-refractivity contribution in [2.24, 2.45) is 34.5 Å². The predicted octanol–water partition coefficient (Wildman–Crippen LogP) is 2.74. The molecule has 188 valence electrons. The van der Waals surface area contributed by atoms with Crippen molar-refractivity contribution in [3.05, 3.63) is 11.6 Å². The number of ketones is 1. The van der Waals surface area contributed by atoms with Gasteiger partial charge in [-0.25, -0.2) is 0 Å². The van der Waals surface area contributed by atoms with Gasteiger partial charge in [-0.2, -0.15) is 0 Å². The van der Waals surface area contributed by atoms with Crippen LogP contribution in [0.25, 0.3) is 0 Å². The molecule has 4 rings (SSSR count). The van der Waals surface area contributed by atoms with Crippen LogP contribution in [0.5, 0.6) is 0 Å². The number of fused-ring (bicyclic) bond motifs is 5. The second kappa shape index (κ2) is 8.12. The standard InChI is InChI=1S/C27H44O6/c1-15(2)6-7-23(31)26(5,32)22-9-11-27(33)17-12-19(28)18-13-20(29)21(30)14-24(18,3)16(17)8-10-25(22,27)4/h12,15-16,18,20-23,29-33H,6-11,13-14H2,1-5H3/t16?,18-,20+,21-,22+,23+,24+,25+,26?,27+/m0/s1. The summed E-state index contributed by atoms with van der Waals surface area (Å²) in [6.07, 6.45) is 3.39. The van der Waals surface area contributed by atoms with Crippen LogP contribution in [-0.4, -0.2) is 60.8 Å². The molecule has 0 amide bonds. The molecule has 2 unspecified atom stereocenters. The minimum Gasteiger partial charge on any atom is -0.390 e. The summed E-state index contributed by atoms with van der Waals surface area (Å²) in [5, 5.41) is 55.4. The maximum atomic E-state index is 13.2. The van der Waals surface area contributed by atoms with Crippen LogP contribution in [0, 0.1) is 34.5 Å². The summed E-state index contributed by atoms with van der Waals surface area (Å²) in [6.45, 7) is 9.96. The van der Waals surface area contributed by atoms with Crippen LogP contribution in [0.3, 0.4) is 0 Å². The lowest BCUT2D eigenvalue weighted by Gasteiger charge is -2.60. The summed E-state index contributed by atoms with van der Waals surface area (Å²) < 4.78 is 0. The maximum Gasteiger partial charge on any atom is 0.159 e. The molecule has 0 aliphatic heterocycles. The van der Waals surface area contributed by atoms with Gasteiger partial charge in [0.05, 0.1) is 29.5 Å². The fourth-order valence-corrected chi connectivity index (χ4v) is 8.32. The monoisotopic (exact) mass is 464 g/mol. The van der Waals surface area contributed by atoms with Crippen molar-refractivity contribution in [2.75, 3.05) is 0 Å². The summed E-state index contributed by atoms with van der Waals surface area (Å²) in [7, 11) is 0. The molecule has 0 saturated heterocycles. The summed E-state index contributed by atoms with van der Waals surface area (Å²) >= 11 is 0. The van der Waals surface area contributed by atoms with Crippen molar-refractivity contribution in [2.45, 2.75) is 115 Å². The summed E-state index contributed by atoms with van der Waals surface area (Å²) in [6, 6.07) is 0. The van der Waals surface area contributed by atoms with Crippen molar-refractivity contribution in [3.8, 4) is 0 Å². The van der Waals surface area contributed by atoms with Gasteiger partial charge in [0.1, 0.15) is 0 Å². The predicted molar refractivity (Wildman–Crippen MR) is 125 cm³/mol. The van der Waals surface area contributed by atoms with Crippen LogP contribution in [0.15, 0.2) is 11.6 Å². The highest BCUT2D eigenvalue weighted by molar-refractivity contribution is 5.95. The molecular formula is C27H44O6. The van der Waals surface area contributed by atoms with E-state index in [0.717, 1.165) is 18.4 Å². The van der Waals surface area contributed by atoms with Gasteiger partial charge in [-0.15, -0.1) is 0 Å². The second-order valence-electron chi connectivity index (χ2n) is 12.8. The molecule has 0 bridgehead atoms. The number of carbonyl (C=O) groups is 1. The Morgan fingerprint density at radius 3 is 2.39 bits per heavy atom. The zero-order valence-corrected chi connectivity index (χ0v) is 20.9. The van der Waals surface area contributed by atoms with Crippen LogP contribution in [0.2, 0.25) is 0 Å². The third-order valence-corrected chi connectivity index (χ3v) is 10.5. The van der Waals surface area contributed by atoms with Crippen molar-refractivity contribution in [3.63, 3.8) is 0 Å². The Hall–Kier alpha value is -0.790. The van der Waals surface area contributed by atoms with E-state index in [1.165, 1.54) is 0 Å². The fraction of sp³-hybridized carbons (Fsp3) is 0.889. The van der Waals surface area contributed by atoms with E-state index in [1.807, 2.05) is 13.8 Å². The van der Waals surface area contributed by atoms with E-state index >= 15 is 0 Å². The lowest BCUT2D eigenvalue weighted by Crippen LogP contribution is -2.62. The first-order valence-electron chi connectivity index (χ1n) is 12.9. The van der Waals surface area contributed by atoms with Crippen molar-refractivity contribution < 1.29 is 30.3 Å². The Balaban J connectivity index is 1.68. The Morgan fingerprint density at radius 1 is 1.09 bits per heavy atom. The number of aliphatic hydroxyl groups excluding tert-OH is 3. The van der Waals surface area contributed by atoms with E-state index in [-0.39, 0.29) is 30.0 Å². The number of aliphatic hydroxyl groups is 5. The molecule has 4 aliphatic rings.